The fraction of sp³-hybridized carbons (Fsp3) is 0.750. The first-order chi connectivity index (χ1) is 14.9. The van der Waals surface area contributed by atoms with E-state index in [9.17, 15) is 4.79 Å². The van der Waals surface area contributed by atoms with Crippen molar-refractivity contribution in [3.05, 3.63) is 23.5 Å². The molecule has 0 amide bonds. The first kappa shape index (κ1) is 20.9. The lowest BCUT2D eigenvalue weighted by atomic mass is 9.47. The number of ketones is 1. The molecule has 5 atom stereocenters. The van der Waals surface area contributed by atoms with E-state index in [1.807, 2.05) is 6.20 Å². The fourth-order valence-electron chi connectivity index (χ4n) is 7.22. The summed E-state index contributed by atoms with van der Waals surface area (Å²) in [5.74, 6) is 2.56. The minimum absolute atomic E-state index is 0.0388. The van der Waals surface area contributed by atoms with Gasteiger partial charge in [0, 0.05) is 24.6 Å². The topological polar surface area (TPSA) is 95.4 Å². The van der Waals surface area contributed by atoms with Crippen molar-refractivity contribution >= 4 is 11.5 Å². The number of oxime groups is 1. The van der Waals surface area contributed by atoms with Crippen molar-refractivity contribution in [3.8, 4) is 0 Å². The molecule has 0 bridgehead atoms. The van der Waals surface area contributed by atoms with Crippen LogP contribution in [-0.2, 0) is 22.7 Å². The molecule has 7 nitrogen and oxygen atoms in total. The van der Waals surface area contributed by atoms with Gasteiger partial charge in [0.25, 0.3) is 0 Å². The van der Waals surface area contributed by atoms with Crippen LogP contribution in [0.15, 0.2) is 23.0 Å². The van der Waals surface area contributed by atoms with Gasteiger partial charge in [0.1, 0.15) is 12.4 Å². The van der Waals surface area contributed by atoms with Gasteiger partial charge >= 0.3 is 0 Å². The predicted octanol–water partition coefficient (Wildman–Crippen LogP) is 3.64. The number of allylic oxidation sites excluding steroid dienone is 2. The zero-order valence-electron chi connectivity index (χ0n) is 18.8. The Hall–Kier alpha value is -2.02. The van der Waals surface area contributed by atoms with Gasteiger partial charge in [0.2, 0.25) is 0 Å². The molecule has 0 radical (unpaired) electrons. The van der Waals surface area contributed by atoms with Crippen LogP contribution in [0.3, 0.4) is 0 Å². The van der Waals surface area contributed by atoms with E-state index < -0.39 is 0 Å². The van der Waals surface area contributed by atoms with E-state index in [1.54, 1.807) is 10.3 Å². The first-order valence-corrected chi connectivity index (χ1v) is 12.0. The van der Waals surface area contributed by atoms with Gasteiger partial charge < -0.3 is 10.6 Å². The lowest BCUT2D eigenvalue weighted by Gasteiger charge is -2.57. The maximum Gasteiger partial charge on any atom is 0.139 e. The molecule has 2 N–H and O–H groups in total. The third kappa shape index (κ3) is 3.45. The summed E-state index contributed by atoms with van der Waals surface area (Å²) in [5.41, 5.74) is 9.18. The Morgan fingerprint density at radius 1 is 1.16 bits per heavy atom. The minimum Gasteiger partial charge on any atom is -0.394 e. The molecule has 4 aliphatic carbocycles. The van der Waals surface area contributed by atoms with Crippen molar-refractivity contribution in [1.29, 1.82) is 0 Å². The van der Waals surface area contributed by atoms with Crippen LogP contribution in [0.2, 0.25) is 0 Å². The van der Waals surface area contributed by atoms with Crippen LogP contribution < -0.4 is 5.73 Å². The van der Waals surface area contributed by atoms with E-state index in [4.69, 9.17) is 10.6 Å². The molecule has 1 heterocycles. The highest BCUT2D eigenvalue weighted by atomic mass is 16.6. The summed E-state index contributed by atoms with van der Waals surface area (Å²) in [4.78, 5) is 18.2. The van der Waals surface area contributed by atoms with Crippen molar-refractivity contribution in [1.82, 2.24) is 15.0 Å². The van der Waals surface area contributed by atoms with Gasteiger partial charge in [0.15, 0.2) is 0 Å². The third-order valence-electron chi connectivity index (χ3n) is 9.08. The number of aromatic nitrogens is 3. The van der Waals surface area contributed by atoms with Crippen LogP contribution in [0, 0.1) is 28.6 Å². The number of nitrogens with two attached hydrogens (primary N) is 1. The summed E-state index contributed by atoms with van der Waals surface area (Å²) in [6, 6.07) is 0. The quantitative estimate of drug-likeness (QED) is 0.574. The zero-order chi connectivity index (χ0) is 21.6. The van der Waals surface area contributed by atoms with Crippen molar-refractivity contribution in [2.75, 3.05) is 6.61 Å². The molecule has 0 aliphatic heterocycles. The van der Waals surface area contributed by atoms with Crippen LogP contribution in [0.1, 0.15) is 70.9 Å². The molecule has 3 unspecified atom stereocenters. The molecule has 0 saturated heterocycles. The van der Waals surface area contributed by atoms with E-state index in [-0.39, 0.29) is 10.8 Å². The number of rotatable bonds is 5. The fourth-order valence-corrected chi connectivity index (χ4v) is 7.22. The van der Waals surface area contributed by atoms with Gasteiger partial charge in [-0.05, 0) is 74.2 Å². The Labute approximate surface area is 184 Å². The summed E-state index contributed by atoms with van der Waals surface area (Å²) < 4.78 is 1.74. The Kier molecular flexibility index (Phi) is 5.27. The molecule has 5 rings (SSSR count). The number of fused-ring (bicyclic) bond motifs is 5. The highest BCUT2D eigenvalue weighted by molar-refractivity contribution is 5.96. The van der Waals surface area contributed by atoms with Crippen LogP contribution in [0.5, 0.6) is 0 Å². The van der Waals surface area contributed by atoms with Crippen LogP contribution in [-0.4, -0.2) is 33.1 Å². The standard InChI is InChI=1S/C24H35N5O2/c1-23-9-7-17(27-31-12-11-29-15-18(14-25)26-28-29)13-16(23)3-4-19-20-5-6-22(30)24(20,2)10-8-21(19)23/h13,15,19-21H,3-12,14,25H2,1-2H3/b27-17-/t19?,20?,21?,23-,24-/m0/s1. The van der Waals surface area contributed by atoms with Gasteiger partial charge in [-0.2, -0.15) is 0 Å². The second kappa shape index (κ2) is 7.84. The molecule has 1 aromatic rings. The number of carbonyl (C=O) groups is 1. The third-order valence-corrected chi connectivity index (χ3v) is 9.08. The number of Topliss-reactive ketones (excluding diaryl/α,β-unsaturated/α-hetero) is 1. The summed E-state index contributed by atoms with van der Waals surface area (Å²) in [7, 11) is 0. The van der Waals surface area contributed by atoms with Gasteiger partial charge in [-0.15, -0.1) is 5.10 Å². The monoisotopic (exact) mass is 425 g/mol. The van der Waals surface area contributed by atoms with Crippen LogP contribution in [0.4, 0.5) is 0 Å². The van der Waals surface area contributed by atoms with E-state index in [2.05, 4.69) is 35.4 Å². The molecule has 7 heteroatoms. The van der Waals surface area contributed by atoms with Crippen molar-refractivity contribution < 1.29 is 9.63 Å². The average Bonchev–Trinajstić information content (AvgIpc) is 3.35. The summed E-state index contributed by atoms with van der Waals surface area (Å²) in [6.07, 6.45) is 12.8. The average molecular weight is 426 g/mol. The van der Waals surface area contributed by atoms with E-state index in [1.165, 1.54) is 12.8 Å². The Morgan fingerprint density at radius 3 is 2.81 bits per heavy atom. The molecule has 1 aromatic heterocycles. The molecular weight excluding hydrogens is 390 g/mol. The normalized spacial score (nSPS) is 38.4. The van der Waals surface area contributed by atoms with Gasteiger partial charge in [-0.1, -0.05) is 29.8 Å². The second-order valence-electron chi connectivity index (χ2n) is 10.5. The van der Waals surface area contributed by atoms with E-state index in [0.717, 1.165) is 49.9 Å². The lowest BCUT2D eigenvalue weighted by molar-refractivity contribution is -0.132. The van der Waals surface area contributed by atoms with E-state index in [0.29, 0.717) is 43.2 Å². The predicted molar refractivity (Wildman–Crippen MR) is 118 cm³/mol. The van der Waals surface area contributed by atoms with Crippen LogP contribution >= 0.6 is 0 Å². The second-order valence-corrected chi connectivity index (χ2v) is 10.5. The van der Waals surface area contributed by atoms with E-state index >= 15 is 0 Å². The largest absolute Gasteiger partial charge is 0.394 e. The molecular formula is C24H35N5O2. The minimum atomic E-state index is -0.0388. The smallest absolute Gasteiger partial charge is 0.139 e. The molecule has 3 fully saturated rings. The van der Waals surface area contributed by atoms with Gasteiger partial charge in [0.05, 0.1) is 18.0 Å². The number of hydrogen-bond acceptors (Lipinski definition) is 6. The summed E-state index contributed by atoms with van der Waals surface area (Å²) in [5, 5.41) is 12.5. The molecule has 168 valence electrons. The number of hydrogen-bond donors (Lipinski definition) is 1. The zero-order valence-corrected chi connectivity index (χ0v) is 18.8. The van der Waals surface area contributed by atoms with Gasteiger partial charge in [-0.3, -0.25) is 4.79 Å². The highest BCUT2D eigenvalue weighted by Gasteiger charge is 2.58. The summed E-state index contributed by atoms with van der Waals surface area (Å²) in [6.45, 7) is 6.22. The maximum absolute atomic E-state index is 12.6. The van der Waals surface area contributed by atoms with Crippen molar-refractivity contribution in [2.24, 2.45) is 39.5 Å². The Morgan fingerprint density at radius 2 is 2.00 bits per heavy atom. The molecule has 0 aromatic carbocycles. The van der Waals surface area contributed by atoms with Crippen molar-refractivity contribution in [3.63, 3.8) is 0 Å². The number of carbonyl (C=O) groups excluding carboxylic acids is 1. The highest BCUT2D eigenvalue weighted by Crippen LogP contribution is 2.64. The van der Waals surface area contributed by atoms with Crippen LogP contribution in [0.25, 0.3) is 0 Å². The lowest BCUT2D eigenvalue weighted by Crippen LogP contribution is -2.50. The maximum atomic E-state index is 12.6. The number of nitrogens with zero attached hydrogens (tertiary/aromatic N) is 4. The Bertz CT molecular complexity index is 921. The molecule has 3 saturated carbocycles. The van der Waals surface area contributed by atoms with Gasteiger partial charge in [-0.25, -0.2) is 4.68 Å². The Balaban J connectivity index is 1.24. The molecule has 31 heavy (non-hydrogen) atoms. The van der Waals surface area contributed by atoms with Crippen molar-refractivity contribution in [2.45, 2.75) is 78.3 Å². The first-order valence-electron chi connectivity index (χ1n) is 12.0. The molecule has 0 spiro atoms. The SMILES string of the molecule is C[C@]12CC/C(=N/OCCn3cc(CN)nn3)C=C1CCC1C2CC[C@]2(C)C(=O)CCC12. The summed E-state index contributed by atoms with van der Waals surface area (Å²) >= 11 is 0. The molecule has 4 aliphatic rings.